The lowest BCUT2D eigenvalue weighted by molar-refractivity contribution is -0.126. The Bertz CT molecular complexity index is 575. The van der Waals surface area contributed by atoms with E-state index in [1.54, 1.807) is 19.3 Å². The molecule has 0 aromatic rings. The Morgan fingerprint density at radius 3 is 2.65 bits per heavy atom. The Hall–Kier alpha value is -2.24. The van der Waals surface area contributed by atoms with Crippen molar-refractivity contribution in [1.82, 2.24) is 15.1 Å². The second kappa shape index (κ2) is 10.0. The first kappa shape index (κ1) is 20.1. The summed E-state index contributed by atoms with van der Waals surface area (Å²) in [4.78, 5) is 27.8. The fourth-order valence-electron chi connectivity index (χ4n) is 2.99. The van der Waals surface area contributed by atoms with E-state index in [0.717, 1.165) is 44.6 Å². The fourth-order valence-corrected chi connectivity index (χ4v) is 2.99. The molecule has 2 amide bonds. The van der Waals surface area contributed by atoms with E-state index in [1.165, 1.54) is 4.90 Å². The zero-order valence-electron chi connectivity index (χ0n) is 16.1. The standard InChI is InChI=1S/C20H31N3O3/c1-4-16(3)15-21-19(24)17-8-12-22(13-9-17)18-7-6-11-23(14-10-18)20(25)26-5-2/h6-7,10-11,14,16-17H,4-5,8-9,12-13,15H2,1-3H3,(H,21,24). The van der Waals surface area contributed by atoms with Gasteiger partial charge < -0.3 is 15.0 Å². The van der Waals surface area contributed by atoms with Crippen molar-refractivity contribution in [2.75, 3.05) is 26.2 Å². The highest BCUT2D eigenvalue weighted by Gasteiger charge is 2.25. The molecule has 1 atom stereocenters. The van der Waals surface area contributed by atoms with Crippen molar-refractivity contribution in [2.24, 2.45) is 11.8 Å². The summed E-state index contributed by atoms with van der Waals surface area (Å²) in [6, 6.07) is 0. The van der Waals surface area contributed by atoms with Crippen LogP contribution in [0.3, 0.4) is 0 Å². The average molecular weight is 361 g/mol. The highest BCUT2D eigenvalue weighted by molar-refractivity contribution is 5.78. The monoisotopic (exact) mass is 361 g/mol. The lowest BCUT2D eigenvalue weighted by Gasteiger charge is -2.33. The number of likely N-dealkylation sites (tertiary alicyclic amines) is 1. The maximum Gasteiger partial charge on any atom is 0.417 e. The van der Waals surface area contributed by atoms with Gasteiger partial charge in [0.05, 0.1) is 6.61 Å². The van der Waals surface area contributed by atoms with Crippen molar-refractivity contribution in [2.45, 2.75) is 40.0 Å². The molecule has 1 unspecified atom stereocenters. The summed E-state index contributed by atoms with van der Waals surface area (Å²) in [7, 11) is 0. The van der Waals surface area contributed by atoms with Gasteiger partial charge in [0.25, 0.3) is 0 Å². The number of allylic oxidation sites excluding steroid dienone is 3. The summed E-state index contributed by atoms with van der Waals surface area (Å²) < 4.78 is 5.01. The molecule has 0 radical (unpaired) electrons. The van der Waals surface area contributed by atoms with Gasteiger partial charge in [-0.3, -0.25) is 9.69 Å². The molecule has 144 valence electrons. The highest BCUT2D eigenvalue weighted by atomic mass is 16.5. The Morgan fingerprint density at radius 2 is 2.00 bits per heavy atom. The number of nitrogens with one attached hydrogen (secondary N) is 1. The number of ether oxygens (including phenoxy) is 1. The van der Waals surface area contributed by atoms with Crippen molar-refractivity contribution in [3.05, 3.63) is 36.3 Å². The van der Waals surface area contributed by atoms with E-state index < -0.39 is 0 Å². The van der Waals surface area contributed by atoms with Gasteiger partial charge in [-0.05, 0) is 43.9 Å². The average Bonchev–Trinajstić information content (AvgIpc) is 2.92. The molecule has 2 aliphatic heterocycles. The molecule has 0 spiro atoms. The van der Waals surface area contributed by atoms with E-state index in [0.29, 0.717) is 12.5 Å². The molecule has 0 aliphatic carbocycles. The van der Waals surface area contributed by atoms with E-state index in [1.807, 2.05) is 18.2 Å². The second-order valence-electron chi connectivity index (χ2n) is 6.87. The molecule has 1 fully saturated rings. The maximum atomic E-state index is 12.3. The first-order valence-corrected chi connectivity index (χ1v) is 9.59. The van der Waals surface area contributed by atoms with Crippen LogP contribution < -0.4 is 5.32 Å². The minimum atomic E-state index is -0.383. The zero-order valence-corrected chi connectivity index (χ0v) is 16.1. The normalized spacial score (nSPS) is 19.0. The first-order valence-electron chi connectivity index (χ1n) is 9.59. The van der Waals surface area contributed by atoms with Crippen LogP contribution in [0.4, 0.5) is 4.79 Å². The summed E-state index contributed by atoms with van der Waals surface area (Å²) in [5.41, 5.74) is 1.05. The summed E-state index contributed by atoms with van der Waals surface area (Å²) >= 11 is 0. The molecule has 0 bridgehead atoms. The van der Waals surface area contributed by atoms with Gasteiger partial charge in [-0.15, -0.1) is 0 Å². The smallest absolute Gasteiger partial charge is 0.417 e. The maximum absolute atomic E-state index is 12.3. The van der Waals surface area contributed by atoms with E-state index in [2.05, 4.69) is 24.1 Å². The topological polar surface area (TPSA) is 61.9 Å². The van der Waals surface area contributed by atoms with Crippen LogP contribution in [0.15, 0.2) is 36.3 Å². The van der Waals surface area contributed by atoms with Crippen LogP contribution in [-0.4, -0.2) is 48.0 Å². The van der Waals surface area contributed by atoms with Crippen LogP contribution in [0.5, 0.6) is 0 Å². The molecule has 0 aromatic heterocycles. The third-order valence-electron chi connectivity index (χ3n) is 4.95. The molecule has 1 saturated heterocycles. The van der Waals surface area contributed by atoms with E-state index in [9.17, 15) is 9.59 Å². The van der Waals surface area contributed by atoms with Crippen LogP contribution in [0, 0.1) is 11.8 Å². The third-order valence-corrected chi connectivity index (χ3v) is 4.95. The largest absolute Gasteiger partial charge is 0.449 e. The van der Waals surface area contributed by atoms with Crippen LogP contribution in [0.2, 0.25) is 0 Å². The van der Waals surface area contributed by atoms with Crippen molar-refractivity contribution >= 4 is 12.0 Å². The lowest BCUT2D eigenvalue weighted by Crippen LogP contribution is -2.41. The number of carbonyl (C=O) groups is 2. The Labute approximate surface area is 156 Å². The Balaban J connectivity index is 1.83. The zero-order chi connectivity index (χ0) is 18.9. The molecule has 2 rings (SSSR count). The van der Waals surface area contributed by atoms with Crippen LogP contribution in [0.1, 0.15) is 40.0 Å². The van der Waals surface area contributed by atoms with Gasteiger partial charge in [-0.25, -0.2) is 4.79 Å². The van der Waals surface area contributed by atoms with Crippen molar-refractivity contribution < 1.29 is 14.3 Å². The predicted octanol–water partition coefficient (Wildman–Crippen LogP) is 3.24. The van der Waals surface area contributed by atoms with Crippen LogP contribution in [0.25, 0.3) is 0 Å². The van der Waals surface area contributed by atoms with Gasteiger partial charge in [-0.1, -0.05) is 20.3 Å². The molecule has 2 aliphatic rings. The molecule has 6 heteroatoms. The van der Waals surface area contributed by atoms with Crippen molar-refractivity contribution in [3.63, 3.8) is 0 Å². The number of hydrogen-bond acceptors (Lipinski definition) is 4. The van der Waals surface area contributed by atoms with E-state index in [4.69, 9.17) is 4.74 Å². The number of amides is 2. The lowest BCUT2D eigenvalue weighted by atomic mass is 9.95. The molecule has 1 N–H and O–H groups in total. The quantitative estimate of drug-likeness (QED) is 0.789. The predicted molar refractivity (Wildman–Crippen MR) is 102 cm³/mol. The van der Waals surface area contributed by atoms with Crippen LogP contribution in [-0.2, 0) is 9.53 Å². The highest BCUT2D eigenvalue weighted by Crippen LogP contribution is 2.22. The summed E-state index contributed by atoms with van der Waals surface area (Å²) in [6.45, 7) is 8.87. The van der Waals surface area contributed by atoms with Gasteiger partial charge in [0.1, 0.15) is 0 Å². The van der Waals surface area contributed by atoms with Crippen LogP contribution >= 0.6 is 0 Å². The summed E-state index contributed by atoms with van der Waals surface area (Å²) in [5.74, 6) is 0.801. The molecular formula is C20H31N3O3. The third kappa shape index (κ3) is 5.64. The molecule has 26 heavy (non-hydrogen) atoms. The van der Waals surface area contributed by atoms with E-state index >= 15 is 0 Å². The SMILES string of the molecule is CCOC(=O)N1C=CC=C(N2CCC(C(=O)NCC(C)CC)CC2)C=C1. The fraction of sp³-hybridized carbons (Fsp3) is 0.600. The van der Waals surface area contributed by atoms with Crippen molar-refractivity contribution in [1.29, 1.82) is 0 Å². The Kier molecular flexibility index (Phi) is 7.75. The molecule has 6 nitrogen and oxygen atoms in total. The Morgan fingerprint density at radius 1 is 1.27 bits per heavy atom. The van der Waals surface area contributed by atoms with Crippen molar-refractivity contribution in [3.8, 4) is 0 Å². The summed E-state index contributed by atoms with van der Waals surface area (Å²) in [6.07, 6.45) is 11.6. The van der Waals surface area contributed by atoms with Gasteiger partial charge in [-0.2, -0.15) is 0 Å². The van der Waals surface area contributed by atoms with E-state index in [-0.39, 0.29) is 17.9 Å². The second-order valence-corrected chi connectivity index (χ2v) is 6.87. The molecular weight excluding hydrogens is 330 g/mol. The van der Waals surface area contributed by atoms with Gasteiger partial charge in [0, 0.05) is 43.6 Å². The number of nitrogens with zero attached hydrogens (tertiary/aromatic N) is 2. The van der Waals surface area contributed by atoms with Gasteiger partial charge in [0.15, 0.2) is 0 Å². The van der Waals surface area contributed by atoms with Gasteiger partial charge >= 0.3 is 6.09 Å². The minimum absolute atomic E-state index is 0.0947. The molecule has 2 heterocycles. The number of hydrogen-bond donors (Lipinski definition) is 1. The number of carbonyl (C=O) groups excluding carboxylic acids is 2. The molecule has 0 saturated carbocycles. The summed E-state index contributed by atoms with van der Waals surface area (Å²) in [5, 5.41) is 3.08. The number of piperidine rings is 1. The first-order chi connectivity index (χ1) is 12.5. The molecule has 0 aromatic carbocycles. The number of rotatable bonds is 6. The van der Waals surface area contributed by atoms with Gasteiger partial charge in [0.2, 0.25) is 5.91 Å². The minimum Gasteiger partial charge on any atom is -0.449 e.